The lowest BCUT2D eigenvalue weighted by molar-refractivity contribution is 0.0634. The predicted molar refractivity (Wildman–Crippen MR) is 93.7 cm³/mol. The molecule has 0 aromatic heterocycles. The maximum Gasteiger partial charge on any atom is 0.412 e. The first kappa shape index (κ1) is 17.8. The van der Waals surface area contributed by atoms with Crippen LogP contribution in [-0.2, 0) is 4.74 Å². The number of anilines is 1. The van der Waals surface area contributed by atoms with Crippen molar-refractivity contribution in [3.63, 3.8) is 0 Å². The van der Waals surface area contributed by atoms with Gasteiger partial charge in [-0.05, 0) is 56.7 Å². The number of ether oxygens (including phenoxy) is 1. The molecule has 0 aliphatic rings. The number of carboxylic acids is 1. The van der Waals surface area contributed by atoms with Crippen molar-refractivity contribution in [3.05, 3.63) is 53.1 Å². The Morgan fingerprint density at radius 3 is 2.25 bits per heavy atom. The largest absolute Gasteiger partial charge is 0.478 e. The number of carbonyl (C=O) groups is 2. The third-order valence-corrected chi connectivity index (χ3v) is 3.38. The first-order chi connectivity index (χ1) is 11.2. The summed E-state index contributed by atoms with van der Waals surface area (Å²) >= 11 is 6.15. The van der Waals surface area contributed by atoms with Gasteiger partial charge in [-0.15, -0.1) is 0 Å². The SMILES string of the molecule is CC(C)(C)OC(=O)Nc1ccc(-c2cc(C(=O)O)ccc2Cl)cc1. The van der Waals surface area contributed by atoms with Crippen molar-refractivity contribution >= 4 is 29.4 Å². The molecule has 2 aromatic carbocycles. The number of benzene rings is 2. The third kappa shape index (κ3) is 4.73. The van der Waals surface area contributed by atoms with Gasteiger partial charge in [0.25, 0.3) is 0 Å². The minimum absolute atomic E-state index is 0.158. The van der Waals surface area contributed by atoms with Crippen molar-refractivity contribution in [1.29, 1.82) is 0 Å². The van der Waals surface area contributed by atoms with Crippen LogP contribution in [0.25, 0.3) is 11.1 Å². The average molecular weight is 348 g/mol. The molecule has 0 spiro atoms. The van der Waals surface area contributed by atoms with E-state index in [1.165, 1.54) is 12.1 Å². The summed E-state index contributed by atoms with van der Waals surface area (Å²) in [5.41, 5.74) is 1.51. The van der Waals surface area contributed by atoms with Crippen LogP contribution in [0.15, 0.2) is 42.5 Å². The lowest BCUT2D eigenvalue weighted by Crippen LogP contribution is -2.27. The molecule has 0 saturated carbocycles. The second-order valence-corrected chi connectivity index (χ2v) is 6.61. The van der Waals surface area contributed by atoms with Gasteiger partial charge in [-0.25, -0.2) is 9.59 Å². The van der Waals surface area contributed by atoms with Crippen LogP contribution in [0.3, 0.4) is 0 Å². The Bertz CT molecular complexity index is 764. The van der Waals surface area contributed by atoms with E-state index in [2.05, 4.69) is 5.32 Å². The molecule has 0 heterocycles. The Hall–Kier alpha value is -2.53. The molecule has 2 aromatic rings. The van der Waals surface area contributed by atoms with Crippen LogP contribution >= 0.6 is 11.6 Å². The van der Waals surface area contributed by atoms with Crippen LogP contribution in [0.1, 0.15) is 31.1 Å². The van der Waals surface area contributed by atoms with Crippen molar-refractivity contribution in [2.45, 2.75) is 26.4 Å². The summed E-state index contributed by atoms with van der Waals surface area (Å²) in [6.45, 7) is 5.35. The Morgan fingerprint density at radius 1 is 1.08 bits per heavy atom. The van der Waals surface area contributed by atoms with Gasteiger partial charge in [-0.2, -0.15) is 0 Å². The highest BCUT2D eigenvalue weighted by Crippen LogP contribution is 2.30. The summed E-state index contributed by atoms with van der Waals surface area (Å²) in [6, 6.07) is 11.4. The van der Waals surface area contributed by atoms with Gasteiger partial charge in [0, 0.05) is 16.3 Å². The number of nitrogens with one attached hydrogen (secondary N) is 1. The summed E-state index contributed by atoms with van der Waals surface area (Å²) in [5, 5.41) is 12.2. The molecule has 0 bridgehead atoms. The minimum atomic E-state index is -1.02. The second kappa shape index (κ2) is 6.93. The molecule has 6 heteroatoms. The van der Waals surface area contributed by atoms with Crippen molar-refractivity contribution < 1.29 is 19.4 Å². The smallest absolute Gasteiger partial charge is 0.412 e. The number of carbonyl (C=O) groups excluding carboxylic acids is 1. The van der Waals surface area contributed by atoms with Gasteiger partial charge in [0.1, 0.15) is 5.60 Å². The van der Waals surface area contributed by atoms with Gasteiger partial charge >= 0.3 is 12.1 Å². The van der Waals surface area contributed by atoms with Crippen LogP contribution in [0.5, 0.6) is 0 Å². The van der Waals surface area contributed by atoms with Gasteiger partial charge < -0.3 is 9.84 Å². The maximum atomic E-state index is 11.7. The number of halogens is 1. The van der Waals surface area contributed by atoms with Crippen molar-refractivity contribution in [2.24, 2.45) is 0 Å². The highest BCUT2D eigenvalue weighted by atomic mass is 35.5. The van der Waals surface area contributed by atoms with E-state index in [1.54, 1.807) is 51.1 Å². The molecule has 1 amide bonds. The number of aromatic carboxylic acids is 1. The van der Waals surface area contributed by atoms with E-state index in [4.69, 9.17) is 21.4 Å². The highest BCUT2D eigenvalue weighted by Gasteiger charge is 2.16. The van der Waals surface area contributed by atoms with Gasteiger partial charge in [0.15, 0.2) is 0 Å². The van der Waals surface area contributed by atoms with E-state index >= 15 is 0 Å². The molecule has 2 N–H and O–H groups in total. The molecule has 0 aliphatic carbocycles. The summed E-state index contributed by atoms with van der Waals surface area (Å²) in [4.78, 5) is 22.8. The standard InChI is InChI=1S/C18H18ClNO4/c1-18(2,3)24-17(23)20-13-7-4-11(5-8-13)14-10-12(16(21)22)6-9-15(14)19/h4-10H,1-3H3,(H,20,23)(H,21,22). The molecule has 2 rings (SSSR count). The Balaban J connectivity index is 2.19. The summed E-state index contributed by atoms with van der Waals surface area (Å²) in [7, 11) is 0. The maximum absolute atomic E-state index is 11.7. The topological polar surface area (TPSA) is 75.6 Å². The first-order valence-electron chi connectivity index (χ1n) is 7.29. The van der Waals surface area contributed by atoms with E-state index in [-0.39, 0.29) is 5.56 Å². The monoisotopic (exact) mass is 347 g/mol. The second-order valence-electron chi connectivity index (χ2n) is 6.20. The van der Waals surface area contributed by atoms with E-state index in [0.29, 0.717) is 16.3 Å². The molecule has 0 unspecified atom stereocenters. The molecule has 0 atom stereocenters. The number of hydrogen-bond acceptors (Lipinski definition) is 3. The normalized spacial score (nSPS) is 11.0. The van der Waals surface area contributed by atoms with Crippen LogP contribution in [0, 0.1) is 0 Å². The van der Waals surface area contributed by atoms with Gasteiger partial charge in [0.05, 0.1) is 5.56 Å². The molecule has 0 saturated heterocycles. The lowest BCUT2D eigenvalue weighted by Gasteiger charge is -2.19. The summed E-state index contributed by atoms with van der Waals surface area (Å²) < 4.78 is 5.18. The fraction of sp³-hybridized carbons (Fsp3) is 0.222. The van der Waals surface area contributed by atoms with Crippen molar-refractivity contribution in [1.82, 2.24) is 0 Å². The molecule has 0 radical (unpaired) electrons. The third-order valence-electron chi connectivity index (χ3n) is 3.05. The molecule has 0 fully saturated rings. The van der Waals surface area contributed by atoms with E-state index < -0.39 is 17.7 Å². The molecular formula is C18H18ClNO4. The predicted octanol–water partition coefficient (Wildman–Crippen LogP) is 5.05. The Morgan fingerprint density at radius 2 is 1.71 bits per heavy atom. The molecular weight excluding hydrogens is 330 g/mol. The van der Waals surface area contributed by atoms with Crippen LogP contribution in [-0.4, -0.2) is 22.8 Å². The summed E-state index contributed by atoms with van der Waals surface area (Å²) in [5.74, 6) is -1.02. The highest BCUT2D eigenvalue weighted by molar-refractivity contribution is 6.33. The molecule has 126 valence electrons. The summed E-state index contributed by atoms with van der Waals surface area (Å²) in [6.07, 6.45) is -0.541. The molecule has 5 nitrogen and oxygen atoms in total. The van der Waals surface area contributed by atoms with Gasteiger partial charge in [-0.1, -0.05) is 23.7 Å². The number of rotatable bonds is 3. The Kier molecular flexibility index (Phi) is 5.14. The lowest BCUT2D eigenvalue weighted by atomic mass is 10.0. The Labute approximate surface area is 145 Å². The van der Waals surface area contributed by atoms with Crippen LogP contribution < -0.4 is 5.32 Å². The van der Waals surface area contributed by atoms with Gasteiger partial charge in [-0.3, -0.25) is 5.32 Å². The van der Waals surface area contributed by atoms with E-state index in [0.717, 1.165) is 5.56 Å². The van der Waals surface area contributed by atoms with Crippen LogP contribution in [0.2, 0.25) is 5.02 Å². The molecule has 0 aliphatic heterocycles. The van der Waals surface area contributed by atoms with E-state index in [1.807, 2.05) is 0 Å². The number of amides is 1. The van der Waals surface area contributed by atoms with Crippen molar-refractivity contribution in [3.8, 4) is 11.1 Å². The number of hydrogen-bond donors (Lipinski definition) is 2. The molecule has 24 heavy (non-hydrogen) atoms. The fourth-order valence-electron chi connectivity index (χ4n) is 2.03. The average Bonchev–Trinajstić information content (AvgIpc) is 2.46. The minimum Gasteiger partial charge on any atom is -0.478 e. The first-order valence-corrected chi connectivity index (χ1v) is 7.67. The zero-order valence-corrected chi connectivity index (χ0v) is 14.3. The zero-order valence-electron chi connectivity index (χ0n) is 13.6. The van der Waals surface area contributed by atoms with Crippen LogP contribution in [0.4, 0.5) is 10.5 Å². The fourth-order valence-corrected chi connectivity index (χ4v) is 2.26. The zero-order chi connectivity index (χ0) is 17.9. The quantitative estimate of drug-likeness (QED) is 0.814. The van der Waals surface area contributed by atoms with Gasteiger partial charge in [0.2, 0.25) is 0 Å². The van der Waals surface area contributed by atoms with E-state index in [9.17, 15) is 9.59 Å². The van der Waals surface area contributed by atoms with Crippen molar-refractivity contribution in [2.75, 3.05) is 5.32 Å². The number of carboxylic acid groups (broad SMARTS) is 1.